The van der Waals surface area contributed by atoms with Gasteiger partial charge in [0, 0.05) is 11.4 Å². The molecule has 28 heavy (non-hydrogen) atoms. The zero-order valence-corrected chi connectivity index (χ0v) is 16.3. The highest BCUT2D eigenvalue weighted by Gasteiger charge is 2.21. The first-order chi connectivity index (χ1) is 13.7. The van der Waals surface area contributed by atoms with Crippen molar-refractivity contribution in [3.63, 3.8) is 0 Å². The van der Waals surface area contributed by atoms with Gasteiger partial charge >= 0.3 is 5.97 Å². The van der Waals surface area contributed by atoms with Gasteiger partial charge in [0.15, 0.2) is 0 Å². The zero-order chi connectivity index (χ0) is 19.8. The van der Waals surface area contributed by atoms with E-state index in [9.17, 15) is 9.59 Å². The number of nitrogens with one attached hydrogen (secondary N) is 1. The summed E-state index contributed by atoms with van der Waals surface area (Å²) in [5.41, 5.74) is 2.35. The monoisotopic (exact) mass is 391 g/mol. The Morgan fingerprint density at radius 1 is 0.893 bits per heavy atom. The maximum atomic E-state index is 12.9. The van der Waals surface area contributed by atoms with Gasteiger partial charge < -0.3 is 10.1 Å². The fourth-order valence-corrected chi connectivity index (χ4v) is 3.76. The number of thioether (sulfide) groups is 1. The van der Waals surface area contributed by atoms with Crippen LogP contribution in [0.3, 0.4) is 0 Å². The average Bonchev–Trinajstić information content (AvgIpc) is 2.77. The van der Waals surface area contributed by atoms with Gasteiger partial charge in [-0.1, -0.05) is 60.7 Å². The molecule has 4 nitrogen and oxygen atoms in total. The average molecular weight is 391 g/mol. The lowest BCUT2D eigenvalue weighted by Gasteiger charge is -2.17. The molecule has 0 bridgehead atoms. The minimum atomic E-state index is -0.376. The predicted molar refractivity (Wildman–Crippen MR) is 111 cm³/mol. The fraction of sp³-hybridized carbons (Fsp3) is 0.130. The summed E-state index contributed by atoms with van der Waals surface area (Å²) in [4.78, 5) is 25.5. The maximum absolute atomic E-state index is 12.9. The summed E-state index contributed by atoms with van der Waals surface area (Å²) >= 11 is 1.52. The largest absolute Gasteiger partial charge is 0.465 e. The van der Waals surface area contributed by atoms with Crippen molar-refractivity contribution in [1.29, 1.82) is 0 Å². The minimum absolute atomic E-state index is 0.0582. The van der Waals surface area contributed by atoms with E-state index in [2.05, 4.69) is 5.32 Å². The Kier molecular flexibility index (Phi) is 6.87. The number of rotatable bonds is 7. The smallest absolute Gasteiger partial charge is 0.337 e. The van der Waals surface area contributed by atoms with Crippen molar-refractivity contribution >= 4 is 23.6 Å². The molecule has 1 atom stereocenters. The number of carbonyl (C=O) groups excluding carboxylic acids is 2. The molecule has 0 aliphatic carbocycles. The molecule has 1 unspecified atom stereocenters. The van der Waals surface area contributed by atoms with Crippen LogP contribution in [0.15, 0.2) is 89.8 Å². The Balaban J connectivity index is 1.70. The number of benzene rings is 3. The van der Waals surface area contributed by atoms with Gasteiger partial charge in [0.2, 0.25) is 5.91 Å². The zero-order valence-electron chi connectivity index (χ0n) is 15.5. The number of methoxy groups -OCH3 is 1. The third-order valence-electron chi connectivity index (χ3n) is 4.18. The lowest BCUT2D eigenvalue weighted by Crippen LogP contribution is -2.27. The molecule has 0 aliphatic rings. The van der Waals surface area contributed by atoms with Crippen LogP contribution in [0.4, 0.5) is 0 Å². The molecule has 3 rings (SSSR count). The lowest BCUT2D eigenvalue weighted by molar-refractivity contribution is -0.120. The van der Waals surface area contributed by atoms with Crippen LogP contribution >= 0.6 is 11.8 Å². The lowest BCUT2D eigenvalue weighted by atomic mass is 10.1. The van der Waals surface area contributed by atoms with E-state index in [0.717, 1.165) is 16.0 Å². The summed E-state index contributed by atoms with van der Waals surface area (Å²) in [5, 5.41) is 2.66. The molecule has 0 spiro atoms. The van der Waals surface area contributed by atoms with Crippen molar-refractivity contribution in [2.75, 3.05) is 7.11 Å². The molecule has 0 saturated carbocycles. The van der Waals surface area contributed by atoms with E-state index in [-0.39, 0.29) is 17.1 Å². The number of amides is 1. The summed E-state index contributed by atoms with van der Waals surface area (Å²) in [6.07, 6.45) is 0. The molecule has 1 amide bonds. The fourth-order valence-electron chi connectivity index (χ4n) is 2.69. The van der Waals surface area contributed by atoms with E-state index in [1.807, 2.05) is 72.8 Å². The van der Waals surface area contributed by atoms with E-state index in [0.29, 0.717) is 12.1 Å². The second-order valence-electron chi connectivity index (χ2n) is 6.13. The molecule has 0 aliphatic heterocycles. The Bertz CT molecular complexity index is 912. The van der Waals surface area contributed by atoms with Crippen LogP contribution < -0.4 is 5.32 Å². The van der Waals surface area contributed by atoms with Gasteiger partial charge in [-0.2, -0.15) is 0 Å². The van der Waals surface area contributed by atoms with Crippen molar-refractivity contribution in [1.82, 2.24) is 5.32 Å². The summed E-state index contributed by atoms with van der Waals surface area (Å²) < 4.78 is 4.70. The van der Waals surface area contributed by atoms with Crippen LogP contribution in [0, 0.1) is 0 Å². The second-order valence-corrected chi connectivity index (χ2v) is 7.31. The topological polar surface area (TPSA) is 55.4 Å². The Morgan fingerprint density at radius 2 is 1.50 bits per heavy atom. The van der Waals surface area contributed by atoms with Crippen LogP contribution in [-0.4, -0.2) is 19.0 Å². The SMILES string of the molecule is COC(=O)c1ccc(CNC(=O)C(Sc2ccccc2)c2ccccc2)cc1. The van der Waals surface area contributed by atoms with Crippen molar-refractivity contribution in [2.24, 2.45) is 0 Å². The molecular formula is C23H21NO3S. The van der Waals surface area contributed by atoms with Gasteiger partial charge in [0.25, 0.3) is 0 Å². The molecule has 5 heteroatoms. The standard InChI is InChI=1S/C23H21NO3S/c1-27-23(26)19-14-12-17(13-15-19)16-24-22(25)21(18-8-4-2-5-9-18)28-20-10-6-3-7-11-20/h2-15,21H,16H2,1H3,(H,24,25). The van der Waals surface area contributed by atoms with Gasteiger partial charge in [0.1, 0.15) is 5.25 Å². The quantitative estimate of drug-likeness (QED) is 0.472. The molecule has 0 saturated heterocycles. The van der Waals surface area contributed by atoms with Gasteiger partial charge in [-0.25, -0.2) is 4.79 Å². The van der Waals surface area contributed by atoms with E-state index >= 15 is 0 Å². The van der Waals surface area contributed by atoms with E-state index in [4.69, 9.17) is 4.74 Å². The molecule has 3 aromatic rings. The van der Waals surface area contributed by atoms with Gasteiger partial charge in [-0.15, -0.1) is 11.8 Å². The Morgan fingerprint density at radius 3 is 2.11 bits per heavy atom. The summed E-state index contributed by atoms with van der Waals surface area (Å²) in [6, 6.07) is 26.6. The second kappa shape index (κ2) is 9.76. The van der Waals surface area contributed by atoms with Crippen molar-refractivity contribution in [2.45, 2.75) is 16.7 Å². The maximum Gasteiger partial charge on any atom is 0.337 e. The van der Waals surface area contributed by atoms with Crippen LogP contribution in [0.5, 0.6) is 0 Å². The molecule has 3 aromatic carbocycles. The molecule has 142 valence electrons. The first-order valence-electron chi connectivity index (χ1n) is 8.89. The molecular weight excluding hydrogens is 370 g/mol. The Labute approximate surface area is 168 Å². The highest BCUT2D eigenvalue weighted by atomic mass is 32.2. The third kappa shape index (κ3) is 5.24. The summed E-state index contributed by atoms with van der Waals surface area (Å²) in [6.45, 7) is 0.388. The van der Waals surface area contributed by atoms with Gasteiger partial charge in [-0.05, 0) is 35.4 Å². The van der Waals surface area contributed by atoms with E-state index in [1.165, 1.54) is 18.9 Å². The van der Waals surface area contributed by atoms with Crippen molar-refractivity contribution in [3.05, 3.63) is 102 Å². The highest BCUT2D eigenvalue weighted by molar-refractivity contribution is 8.00. The first kappa shape index (κ1) is 19.7. The normalized spacial score (nSPS) is 11.5. The third-order valence-corrected chi connectivity index (χ3v) is 5.45. The minimum Gasteiger partial charge on any atom is -0.465 e. The summed E-state index contributed by atoms with van der Waals surface area (Å²) in [5.74, 6) is -0.434. The van der Waals surface area contributed by atoms with Gasteiger partial charge in [-0.3, -0.25) is 4.79 Å². The van der Waals surface area contributed by atoms with Crippen LogP contribution in [0.1, 0.15) is 26.7 Å². The van der Waals surface area contributed by atoms with Crippen molar-refractivity contribution in [3.8, 4) is 0 Å². The number of hydrogen-bond acceptors (Lipinski definition) is 4. The summed E-state index contributed by atoms with van der Waals surface area (Å²) in [7, 11) is 1.35. The number of esters is 1. The number of hydrogen-bond donors (Lipinski definition) is 1. The predicted octanol–water partition coefficient (Wildman–Crippen LogP) is 4.62. The number of carbonyl (C=O) groups is 2. The first-order valence-corrected chi connectivity index (χ1v) is 9.77. The highest BCUT2D eigenvalue weighted by Crippen LogP contribution is 2.35. The van der Waals surface area contributed by atoms with Crippen LogP contribution in [-0.2, 0) is 16.1 Å². The Hall–Kier alpha value is -3.05. The molecule has 1 N–H and O–H groups in total. The molecule has 0 heterocycles. The van der Waals surface area contributed by atoms with E-state index in [1.54, 1.807) is 12.1 Å². The number of ether oxygens (including phenoxy) is 1. The van der Waals surface area contributed by atoms with Crippen molar-refractivity contribution < 1.29 is 14.3 Å². The molecule has 0 radical (unpaired) electrons. The molecule has 0 aromatic heterocycles. The van der Waals surface area contributed by atoms with Crippen LogP contribution in [0.25, 0.3) is 0 Å². The van der Waals surface area contributed by atoms with E-state index < -0.39 is 0 Å². The van der Waals surface area contributed by atoms with Gasteiger partial charge in [0.05, 0.1) is 12.7 Å². The molecule has 0 fully saturated rings. The van der Waals surface area contributed by atoms with Crippen LogP contribution in [0.2, 0.25) is 0 Å².